The molecule has 2 aromatic rings. The van der Waals surface area contributed by atoms with E-state index in [1.807, 2.05) is 25.1 Å². The number of carbonyl (C=O) groups excluding carboxylic acids is 3. The Morgan fingerprint density at radius 1 is 0.935 bits per heavy atom. The Kier molecular flexibility index (Phi) is 8.74. The maximum absolute atomic E-state index is 12.6. The average molecular weight is 455 g/mol. The van der Waals surface area contributed by atoms with Crippen LogP contribution in [0.25, 0.3) is 0 Å². The molecule has 0 heterocycles. The van der Waals surface area contributed by atoms with Gasteiger partial charge in [-0.3, -0.25) is 25.2 Å². The molecule has 0 fully saturated rings. The third kappa shape index (κ3) is 8.99. The fourth-order valence-electron chi connectivity index (χ4n) is 2.28. The maximum Gasteiger partial charge on any atom is 0.416 e. The number of hydrazine groups is 1. The van der Waals surface area contributed by atoms with Crippen LogP contribution in [0.4, 0.5) is 18.9 Å². The summed E-state index contributed by atoms with van der Waals surface area (Å²) in [5.41, 5.74) is 4.97. The molecule has 0 atom stereocenters. The molecule has 3 amide bonds. The highest BCUT2D eigenvalue weighted by molar-refractivity contribution is 8.00. The van der Waals surface area contributed by atoms with E-state index >= 15 is 0 Å². The minimum atomic E-state index is -4.52. The summed E-state index contributed by atoms with van der Waals surface area (Å²) in [6.07, 6.45) is -4.52. The van der Waals surface area contributed by atoms with Crippen LogP contribution in [0.3, 0.4) is 0 Å². The minimum Gasteiger partial charge on any atom is -0.484 e. The van der Waals surface area contributed by atoms with E-state index in [1.165, 1.54) is 6.07 Å². The van der Waals surface area contributed by atoms with E-state index in [1.54, 1.807) is 6.07 Å². The van der Waals surface area contributed by atoms with Gasteiger partial charge in [-0.15, -0.1) is 11.8 Å². The molecule has 0 aliphatic heterocycles. The van der Waals surface area contributed by atoms with E-state index in [0.29, 0.717) is 5.69 Å². The van der Waals surface area contributed by atoms with Crippen LogP contribution in [0.5, 0.6) is 5.75 Å². The number of carbonyl (C=O) groups is 3. The second kappa shape index (κ2) is 11.3. The van der Waals surface area contributed by atoms with Crippen molar-refractivity contribution < 1.29 is 32.3 Å². The molecule has 0 saturated carbocycles. The van der Waals surface area contributed by atoms with E-state index in [2.05, 4.69) is 16.2 Å². The summed E-state index contributed by atoms with van der Waals surface area (Å²) in [6.45, 7) is 1.31. The van der Waals surface area contributed by atoms with Crippen molar-refractivity contribution in [1.82, 2.24) is 10.9 Å². The summed E-state index contributed by atoms with van der Waals surface area (Å²) in [6, 6.07) is 11.4. The molecule has 0 aromatic heterocycles. The highest BCUT2D eigenvalue weighted by Gasteiger charge is 2.30. The topological polar surface area (TPSA) is 96.5 Å². The fourth-order valence-corrected chi connectivity index (χ4v) is 2.90. The van der Waals surface area contributed by atoms with E-state index in [-0.39, 0.29) is 23.2 Å². The van der Waals surface area contributed by atoms with E-state index in [4.69, 9.17) is 4.74 Å². The van der Waals surface area contributed by atoms with Crippen molar-refractivity contribution in [1.29, 1.82) is 0 Å². The van der Waals surface area contributed by atoms with Crippen LogP contribution in [0.1, 0.15) is 11.1 Å². The fraction of sp³-hybridized carbons (Fsp3) is 0.250. The van der Waals surface area contributed by atoms with Crippen molar-refractivity contribution in [2.24, 2.45) is 0 Å². The van der Waals surface area contributed by atoms with Gasteiger partial charge >= 0.3 is 6.18 Å². The summed E-state index contributed by atoms with van der Waals surface area (Å²) >= 11 is 1.05. The van der Waals surface area contributed by atoms with E-state index < -0.39 is 30.2 Å². The highest BCUT2D eigenvalue weighted by Crippen LogP contribution is 2.31. The number of anilines is 1. The molecular formula is C20H20F3N3O4S. The lowest BCUT2D eigenvalue weighted by molar-refractivity contribution is -0.137. The second-order valence-corrected chi connectivity index (χ2v) is 7.31. The van der Waals surface area contributed by atoms with Crippen LogP contribution in [-0.2, 0) is 20.6 Å². The first kappa shape index (κ1) is 24.1. The molecule has 0 aliphatic rings. The van der Waals surface area contributed by atoms with Gasteiger partial charge in [0.2, 0.25) is 11.8 Å². The zero-order chi connectivity index (χ0) is 22.9. The summed E-state index contributed by atoms with van der Waals surface area (Å²) in [5.74, 6) is -1.77. The van der Waals surface area contributed by atoms with Gasteiger partial charge in [0.15, 0.2) is 6.61 Å². The molecule has 166 valence electrons. The van der Waals surface area contributed by atoms with Gasteiger partial charge in [0, 0.05) is 5.69 Å². The number of nitrogens with one attached hydrogen (secondary N) is 3. The molecule has 7 nitrogen and oxygen atoms in total. The van der Waals surface area contributed by atoms with Crippen LogP contribution in [-0.4, -0.2) is 35.8 Å². The van der Waals surface area contributed by atoms with Crippen molar-refractivity contribution in [3.05, 3.63) is 59.7 Å². The lowest BCUT2D eigenvalue weighted by Gasteiger charge is -2.11. The number of thioether (sulfide) groups is 1. The third-order valence-corrected chi connectivity index (χ3v) is 4.57. The Labute approximate surface area is 180 Å². The first-order valence-corrected chi connectivity index (χ1v) is 10.1. The summed E-state index contributed by atoms with van der Waals surface area (Å²) in [4.78, 5) is 35.2. The SMILES string of the molecule is Cc1cccc(NC(=O)CSCC(=O)NNC(=O)COc2cccc(C(F)(F)F)c2)c1. The summed E-state index contributed by atoms with van der Waals surface area (Å²) < 4.78 is 42.9. The van der Waals surface area contributed by atoms with Crippen LogP contribution >= 0.6 is 11.8 Å². The Morgan fingerprint density at radius 3 is 2.32 bits per heavy atom. The molecule has 2 rings (SSSR count). The molecule has 2 aromatic carbocycles. The lowest BCUT2D eigenvalue weighted by Crippen LogP contribution is -2.44. The normalized spacial score (nSPS) is 10.8. The predicted octanol–water partition coefficient (Wildman–Crippen LogP) is 2.91. The first-order valence-electron chi connectivity index (χ1n) is 8.95. The predicted molar refractivity (Wildman–Crippen MR) is 110 cm³/mol. The van der Waals surface area contributed by atoms with Gasteiger partial charge < -0.3 is 10.1 Å². The van der Waals surface area contributed by atoms with Gasteiger partial charge in [0.25, 0.3) is 5.91 Å². The summed E-state index contributed by atoms with van der Waals surface area (Å²) in [5, 5.41) is 2.70. The van der Waals surface area contributed by atoms with Gasteiger partial charge in [-0.25, -0.2) is 0 Å². The van der Waals surface area contributed by atoms with E-state index in [0.717, 1.165) is 35.5 Å². The first-order chi connectivity index (χ1) is 14.6. The Balaban J connectivity index is 1.63. The standard InChI is InChI=1S/C20H20F3N3O4S/c1-13-4-2-6-15(8-13)24-18(28)11-31-12-19(29)26-25-17(27)10-30-16-7-3-5-14(9-16)20(21,22)23/h2-9H,10-12H2,1H3,(H,24,28)(H,25,27)(H,26,29). The number of benzene rings is 2. The monoisotopic (exact) mass is 455 g/mol. The van der Waals surface area contributed by atoms with Gasteiger partial charge in [-0.1, -0.05) is 18.2 Å². The molecule has 0 unspecified atom stereocenters. The highest BCUT2D eigenvalue weighted by atomic mass is 32.2. The maximum atomic E-state index is 12.6. The number of alkyl halides is 3. The number of amides is 3. The van der Waals surface area contributed by atoms with Crippen molar-refractivity contribution in [3.63, 3.8) is 0 Å². The number of ether oxygens (including phenoxy) is 1. The molecule has 0 aliphatic carbocycles. The van der Waals surface area contributed by atoms with Crippen LogP contribution in [0, 0.1) is 6.92 Å². The molecule has 31 heavy (non-hydrogen) atoms. The lowest BCUT2D eigenvalue weighted by atomic mass is 10.2. The van der Waals surface area contributed by atoms with E-state index in [9.17, 15) is 27.6 Å². The zero-order valence-corrected chi connectivity index (χ0v) is 17.2. The Hall–Kier alpha value is -3.21. The zero-order valence-electron chi connectivity index (χ0n) is 16.4. The Morgan fingerprint density at radius 2 is 1.61 bits per heavy atom. The molecule has 0 saturated heterocycles. The number of rotatable bonds is 8. The second-order valence-electron chi connectivity index (χ2n) is 6.32. The van der Waals surface area contributed by atoms with Crippen LogP contribution in [0.15, 0.2) is 48.5 Å². The van der Waals surface area contributed by atoms with Crippen molar-refractivity contribution in [2.75, 3.05) is 23.4 Å². The minimum absolute atomic E-state index is 0.0357. The average Bonchev–Trinajstić information content (AvgIpc) is 2.70. The van der Waals surface area contributed by atoms with Crippen LogP contribution in [0.2, 0.25) is 0 Å². The smallest absolute Gasteiger partial charge is 0.416 e. The van der Waals surface area contributed by atoms with Gasteiger partial charge in [-0.2, -0.15) is 13.2 Å². The van der Waals surface area contributed by atoms with Gasteiger partial charge in [0.05, 0.1) is 17.1 Å². The van der Waals surface area contributed by atoms with Crippen molar-refractivity contribution >= 4 is 35.2 Å². The third-order valence-electron chi connectivity index (χ3n) is 3.64. The van der Waals surface area contributed by atoms with Gasteiger partial charge in [0.1, 0.15) is 5.75 Å². The summed E-state index contributed by atoms with van der Waals surface area (Å²) in [7, 11) is 0. The van der Waals surface area contributed by atoms with Crippen molar-refractivity contribution in [3.8, 4) is 5.75 Å². The number of aryl methyl sites for hydroxylation is 1. The molecular weight excluding hydrogens is 435 g/mol. The largest absolute Gasteiger partial charge is 0.484 e. The number of hydrogen-bond acceptors (Lipinski definition) is 5. The molecule has 0 radical (unpaired) electrons. The molecule has 0 bridgehead atoms. The molecule has 3 N–H and O–H groups in total. The van der Waals surface area contributed by atoms with Crippen molar-refractivity contribution in [2.45, 2.75) is 13.1 Å². The Bertz CT molecular complexity index is 938. The molecule has 0 spiro atoms. The van der Waals surface area contributed by atoms with Crippen LogP contribution < -0.4 is 20.9 Å². The van der Waals surface area contributed by atoms with Gasteiger partial charge in [-0.05, 0) is 42.8 Å². The number of halogens is 3. The molecule has 11 heteroatoms. The number of hydrogen-bond donors (Lipinski definition) is 3. The quantitative estimate of drug-likeness (QED) is 0.532.